The van der Waals surface area contributed by atoms with Gasteiger partial charge in [-0.25, -0.2) is 4.79 Å². The minimum absolute atomic E-state index is 0.118. The summed E-state index contributed by atoms with van der Waals surface area (Å²) in [5, 5.41) is 15.6. The van der Waals surface area contributed by atoms with Crippen molar-refractivity contribution in [3.05, 3.63) is 17.5 Å². The number of amides is 1. The number of methoxy groups -OCH3 is 1. The van der Waals surface area contributed by atoms with Crippen LogP contribution in [0.5, 0.6) is 0 Å². The molecule has 7 nitrogen and oxygen atoms in total. The van der Waals surface area contributed by atoms with E-state index < -0.39 is 17.4 Å². The summed E-state index contributed by atoms with van der Waals surface area (Å²) < 4.78 is 6.32. The first kappa shape index (κ1) is 14.2. The van der Waals surface area contributed by atoms with Gasteiger partial charge in [-0.15, -0.1) is 0 Å². The topological polar surface area (TPSA) is 93.5 Å². The van der Waals surface area contributed by atoms with E-state index in [0.29, 0.717) is 11.3 Å². The zero-order valence-corrected chi connectivity index (χ0v) is 10.9. The molecule has 0 aliphatic carbocycles. The highest BCUT2D eigenvalue weighted by atomic mass is 16.5. The third kappa shape index (κ3) is 2.86. The largest absolute Gasteiger partial charge is 0.479 e. The molecule has 0 aliphatic rings. The smallest absolute Gasteiger partial charge is 0.331 e. The maximum Gasteiger partial charge on any atom is 0.331 e. The monoisotopic (exact) mass is 255 g/mol. The van der Waals surface area contributed by atoms with Crippen LogP contribution in [0.15, 0.2) is 6.20 Å². The zero-order chi connectivity index (χ0) is 13.9. The minimum atomic E-state index is -1.46. The van der Waals surface area contributed by atoms with E-state index in [1.165, 1.54) is 18.7 Å². The van der Waals surface area contributed by atoms with Crippen molar-refractivity contribution in [1.29, 1.82) is 0 Å². The second-order valence-corrected chi connectivity index (χ2v) is 4.33. The van der Waals surface area contributed by atoms with Crippen LogP contribution in [-0.4, -0.2) is 46.0 Å². The molecular weight excluding hydrogens is 238 g/mol. The van der Waals surface area contributed by atoms with Gasteiger partial charge >= 0.3 is 5.97 Å². The normalized spacial score (nSPS) is 14.0. The average Bonchev–Trinajstić information content (AvgIpc) is 2.57. The summed E-state index contributed by atoms with van der Waals surface area (Å²) >= 11 is 0. The Hall–Kier alpha value is -1.89. The van der Waals surface area contributed by atoms with Crippen molar-refractivity contribution in [2.45, 2.75) is 19.4 Å². The van der Waals surface area contributed by atoms with Crippen LogP contribution in [0, 0.1) is 6.92 Å². The summed E-state index contributed by atoms with van der Waals surface area (Å²) in [5.41, 5.74) is -0.574. The molecule has 1 aromatic heterocycles. The summed E-state index contributed by atoms with van der Waals surface area (Å²) in [6.45, 7) is 2.96. The predicted octanol–water partition coefficient (Wildman–Crippen LogP) is -0.0520. The first-order chi connectivity index (χ1) is 8.30. The Labute approximate surface area is 105 Å². The van der Waals surface area contributed by atoms with Crippen molar-refractivity contribution in [3.63, 3.8) is 0 Å². The molecule has 0 bridgehead atoms. The molecule has 0 saturated heterocycles. The highest BCUT2D eigenvalue weighted by molar-refractivity contribution is 5.98. The van der Waals surface area contributed by atoms with Crippen LogP contribution < -0.4 is 5.32 Å². The van der Waals surface area contributed by atoms with Crippen LogP contribution in [0.2, 0.25) is 0 Å². The Morgan fingerprint density at radius 3 is 2.61 bits per heavy atom. The van der Waals surface area contributed by atoms with Gasteiger partial charge in [0.1, 0.15) is 0 Å². The average molecular weight is 255 g/mol. The molecule has 0 spiro atoms. The molecule has 0 radical (unpaired) electrons. The van der Waals surface area contributed by atoms with E-state index in [1.54, 1.807) is 20.2 Å². The molecule has 0 aromatic carbocycles. The number of carbonyl (C=O) groups excluding carboxylic acids is 1. The standard InChI is InChI=1S/C11H17N3O4/c1-7-8(5-14(3)13-7)9(15)12-11(2,6-18-4)10(16)17/h5H,6H2,1-4H3,(H,12,15)(H,16,17). The molecule has 1 unspecified atom stereocenters. The summed E-state index contributed by atoms with van der Waals surface area (Å²) in [7, 11) is 3.07. The lowest BCUT2D eigenvalue weighted by Gasteiger charge is -2.25. The van der Waals surface area contributed by atoms with Crippen molar-refractivity contribution in [1.82, 2.24) is 15.1 Å². The summed E-state index contributed by atoms with van der Waals surface area (Å²) in [5.74, 6) is -1.64. The Balaban J connectivity index is 2.92. The van der Waals surface area contributed by atoms with Crippen molar-refractivity contribution in [2.24, 2.45) is 7.05 Å². The highest BCUT2D eigenvalue weighted by Crippen LogP contribution is 2.10. The van der Waals surface area contributed by atoms with E-state index in [2.05, 4.69) is 10.4 Å². The molecule has 18 heavy (non-hydrogen) atoms. The van der Waals surface area contributed by atoms with E-state index >= 15 is 0 Å². The number of carboxylic acid groups (broad SMARTS) is 1. The Kier molecular flexibility index (Phi) is 4.07. The van der Waals surface area contributed by atoms with E-state index in [0.717, 1.165) is 0 Å². The molecule has 7 heteroatoms. The third-order valence-corrected chi connectivity index (χ3v) is 2.55. The number of aromatic nitrogens is 2. The van der Waals surface area contributed by atoms with Crippen molar-refractivity contribution < 1.29 is 19.4 Å². The van der Waals surface area contributed by atoms with Gasteiger partial charge in [0.25, 0.3) is 5.91 Å². The zero-order valence-electron chi connectivity index (χ0n) is 10.9. The molecule has 1 atom stereocenters. The number of hydrogen-bond acceptors (Lipinski definition) is 4. The summed E-state index contributed by atoms with van der Waals surface area (Å²) in [6.07, 6.45) is 1.54. The molecule has 1 heterocycles. The van der Waals surface area contributed by atoms with Gasteiger partial charge in [0.2, 0.25) is 0 Å². The number of nitrogens with one attached hydrogen (secondary N) is 1. The number of rotatable bonds is 5. The number of ether oxygens (including phenoxy) is 1. The molecule has 1 amide bonds. The molecule has 1 rings (SSSR count). The fourth-order valence-electron chi connectivity index (χ4n) is 1.58. The van der Waals surface area contributed by atoms with Gasteiger partial charge in [-0.2, -0.15) is 5.10 Å². The number of hydrogen-bond donors (Lipinski definition) is 2. The fraction of sp³-hybridized carbons (Fsp3) is 0.545. The number of aliphatic carboxylic acids is 1. The Morgan fingerprint density at radius 1 is 1.61 bits per heavy atom. The summed E-state index contributed by atoms with van der Waals surface area (Å²) in [4.78, 5) is 23.1. The molecular formula is C11H17N3O4. The first-order valence-electron chi connectivity index (χ1n) is 5.35. The second kappa shape index (κ2) is 5.18. The van der Waals surface area contributed by atoms with Crippen molar-refractivity contribution in [3.8, 4) is 0 Å². The van der Waals surface area contributed by atoms with Gasteiger partial charge in [0, 0.05) is 20.4 Å². The SMILES string of the molecule is COCC(C)(NC(=O)c1cn(C)nc1C)C(=O)O. The highest BCUT2D eigenvalue weighted by Gasteiger charge is 2.35. The number of nitrogens with zero attached hydrogens (tertiary/aromatic N) is 2. The van der Waals surface area contributed by atoms with Crippen molar-refractivity contribution in [2.75, 3.05) is 13.7 Å². The maximum atomic E-state index is 12.0. The van der Waals surface area contributed by atoms with Crippen molar-refractivity contribution >= 4 is 11.9 Å². The molecule has 0 saturated carbocycles. The number of carboxylic acids is 1. The Bertz CT molecular complexity index is 469. The molecule has 100 valence electrons. The van der Waals surface area contributed by atoms with Crippen LogP contribution >= 0.6 is 0 Å². The molecule has 0 aliphatic heterocycles. The van der Waals surface area contributed by atoms with E-state index in [1.807, 2.05) is 0 Å². The van der Waals surface area contributed by atoms with Crippen LogP contribution in [0.4, 0.5) is 0 Å². The minimum Gasteiger partial charge on any atom is -0.479 e. The lowest BCUT2D eigenvalue weighted by Crippen LogP contribution is -2.55. The van der Waals surface area contributed by atoms with Gasteiger partial charge in [-0.05, 0) is 13.8 Å². The van der Waals surface area contributed by atoms with E-state index in [-0.39, 0.29) is 6.61 Å². The quantitative estimate of drug-likeness (QED) is 0.769. The molecule has 0 fully saturated rings. The van der Waals surface area contributed by atoms with Crippen LogP contribution in [-0.2, 0) is 16.6 Å². The third-order valence-electron chi connectivity index (χ3n) is 2.55. The van der Waals surface area contributed by atoms with Crippen LogP contribution in [0.3, 0.4) is 0 Å². The van der Waals surface area contributed by atoms with Gasteiger partial charge in [-0.1, -0.05) is 0 Å². The number of carbonyl (C=O) groups is 2. The summed E-state index contributed by atoms with van der Waals surface area (Å²) in [6, 6.07) is 0. The van der Waals surface area contributed by atoms with E-state index in [9.17, 15) is 9.59 Å². The van der Waals surface area contributed by atoms with Crippen LogP contribution in [0.1, 0.15) is 23.0 Å². The predicted molar refractivity (Wildman–Crippen MR) is 63.3 cm³/mol. The lowest BCUT2D eigenvalue weighted by molar-refractivity contribution is -0.145. The fourth-order valence-corrected chi connectivity index (χ4v) is 1.58. The number of aryl methyl sites for hydroxylation is 2. The second-order valence-electron chi connectivity index (χ2n) is 4.33. The van der Waals surface area contributed by atoms with Crippen LogP contribution in [0.25, 0.3) is 0 Å². The van der Waals surface area contributed by atoms with Gasteiger partial charge in [0.05, 0.1) is 17.9 Å². The van der Waals surface area contributed by atoms with Gasteiger partial charge in [-0.3, -0.25) is 9.48 Å². The van der Waals surface area contributed by atoms with Gasteiger partial charge < -0.3 is 15.2 Å². The van der Waals surface area contributed by atoms with Gasteiger partial charge in [0.15, 0.2) is 5.54 Å². The Morgan fingerprint density at radius 2 is 2.22 bits per heavy atom. The first-order valence-corrected chi connectivity index (χ1v) is 5.35. The maximum absolute atomic E-state index is 12.0. The molecule has 1 aromatic rings. The van der Waals surface area contributed by atoms with E-state index in [4.69, 9.17) is 9.84 Å². The molecule has 2 N–H and O–H groups in total. The lowest BCUT2D eigenvalue weighted by atomic mass is 10.0.